The highest BCUT2D eigenvalue weighted by Gasteiger charge is 2.19. The molecule has 1 aromatic carbocycles. The summed E-state index contributed by atoms with van der Waals surface area (Å²) < 4.78 is 1.97. The van der Waals surface area contributed by atoms with Crippen molar-refractivity contribution in [1.82, 2.24) is 15.1 Å². The average Bonchev–Trinajstić information content (AvgIpc) is 3.27. The zero-order chi connectivity index (χ0) is 14.8. The van der Waals surface area contributed by atoms with Crippen LogP contribution in [0.3, 0.4) is 0 Å². The van der Waals surface area contributed by atoms with Crippen molar-refractivity contribution < 1.29 is 0 Å². The highest BCUT2D eigenvalue weighted by atomic mass is 35.5. The van der Waals surface area contributed by atoms with E-state index in [1.54, 1.807) is 0 Å². The molecule has 0 unspecified atom stereocenters. The van der Waals surface area contributed by atoms with Crippen LogP contribution in [-0.4, -0.2) is 22.4 Å². The summed E-state index contributed by atoms with van der Waals surface area (Å²) in [5.41, 5.74) is 4.58. The molecule has 1 N–H and O–H groups in total. The number of rotatable bonds is 6. The minimum Gasteiger partial charge on any atom is -0.314 e. The third-order valence-corrected chi connectivity index (χ3v) is 4.62. The largest absolute Gasteiger partial charge is 0.314 e. The molecular formula is C17H22ClN3. The van der Waals surface area contributed by atoms with Crippen LogP contribution in [0.5, 0.6) is 0 Å². The number of aromatic nitrogens is 2. The number of hydrogen-bond donors (Lipinski definition) is 1. The lowest BCUT2D eigenvalue weighted by Gasteiger charge is -2.07. The Morgan fingerprint density at radius 1 is 1.19 bits per heavy atom. The maximum atomic E-state index is 6.19. The zero-order valence-electron chi connectivity index (χ0n) is 12.7. The van der Waals surface area contributed by atoms with E-state index in [0.29, 0.717) is 0 Å². The molecule has 21 heavy (non-hydrogen) atoms. The fourth-order valence-corrected chi connectivity index (χ4v) is 2.66. The fraction of sp³-hybridized carbons (Fsp3) is 0.471. The molecule has 0 radical (unpaired) electrons. The maximum Gasteiger partial charge on any atom is 0.0844 e. The topological polar surface area (TPSA) is 29.9 Å². The van der Waals surface area contributed by atoms with Gasteiger partial charge in [-0.1, -0.05) is 35.9 Å². The SMILES string of the molecule is Cc1nn(Cc2ccc(CCNC3CC3)cc2)c(C)c1Cl. The molecule has 0 saturated heterocycles. The van der Waals surface area contributed by atoms with Gasteiger partial charge in [0.25, 0.3) is 0 Å². The van der Waals surface area contributed by atoms with Gasteiger partial charge < -0.3 is 5.32 Å². The van der Waals surface area contributed by atoms with Gasteiger partial charge in [-0.15, -0.1) is 0 Å². The summed E-state index contributed by atoms with van der Waals surface area (Å²) in [6, 6.07) is 9.61. The van der Waals surface area contributed by atoms with Crippen LogP contribution in [0, 0.1) is 13.8 Å². The summed E-state index contributed by atoms with van der Waals surface area (Å²) in [6.07, 6.45) is 3.80. The van der Waals surface area contributed by atoms with Gasteiger partial charge in [0.05, 0.1) is 23.0 Å². The monoisotopic (exact) mass is 303 g/mol. The van der Waals surface area contributed by atoms with Crippen molar-refractivity contribution in [1.29, 1.82) is 0 Å². The van der Waals surface area contributed by atoms with E-state index < -0.39 is 0 Å². The quantitative estimate of drug-likeness (QED) is 0.885. The summed E-state index contributed by atoms with van der Waals surface area (Å²) >= 11 is 6.19. The van der Waals surface area contributed by atoms with E-state index in [0.717, 1.165) is 42.0 Å². The smallest absolute Gasteiger partial charge is 0.0844 e. The highest BCUT2D eigenvalue weighted by molar-refractivity contribution is 6.31. The molecule has 1 saturated carbocycles. The summed E-state index contributed by atoms with van der Waals surface area (Å²) in [5.74, 6) is 0. The maximum absolute atomic E-state index is 6.19. The Morgan fingerprint density at radius 2 is 1.86 bits per heavy atom. The van der Waals surface area contributed by atoms with Crippen LogP contribution >= 0.6 is 11.6 Å². The second kappa shape index (κ2) is 6.20. The van der Waals surface area contributed by atoms with Crippen LogP contribution in [0.1, 0.15) is 35.4 Å². The van der Waals surface area contributed by atoms with Gasteiger partial charge in [-0.3, -0.25) is 4.68 Å². The normalized spacial score (nSPS) is 14.6. The van der Waals surface area contributed by atoms with Gasteiger partial charge in [0, 0.05) is 6.04 Å². The Kier molecular flexibility index (Phi) is 4.32. The first-order valence-electron chi connectivity index (χ1n) is 7.64. The van der Waals surface area contributed by atoms with E-state index in [2.05, 4.69) is 34.7 Å². The summed E-state index contributed by atoms with van der Waals surface area (Å²) in [5, 5.41) is 8.80. The average molecular weight is 304 g/mol. The molecule has 1 fully saturated rings. The van der Waals surface area contributed by atoms with E-state index in [-0.39, 0.29) is 0 Å². The predicted molar refractivity (Wildman–Crippen MR) is 87.0 cm³/mol. The summed E-state index contributed by atoms with van der Waals surface area (Å²) in [6.45, 7) is 5.82. The minimum atomic E-state index is 0.776. The second-order valence-corrected chi connectivity index (χ2v) is 6.32. The Morgan fingerprint density at radius 3 is 2.43 bits per heavy atom. The molecule has 0 aliphatic heterocycles. The molecule has 112 valence electrons. The molecule has 0 amide bonds. The van der Waals surface area contributed by atoms with E-state index in [4.69, 9.17) is 11.6 Å². The molecule has 4 heteroatoms. The zero-order valence-corrected chi connectivity index (χ0v) is 13.5. The van der Waals surface area contributed by atoms with Gasteiger partial charge in [-0.2, -0.15) is 5.10 Å². The Bertz CT molecular complexity index is 612. The third kappa shape index (κ3) is 3.66. The van der Waals surface area contributed by atoms with E-state index >= 15 is 0 Å². The summed E-state index contributed by atoms with van der Waals surface area (Å²) in [4.78, 5) is 0. The van der Waals surface area contributed by atoms with Gasteiger partial charge in [0.2, 0.25) is 0 Å². The first kappa shape index (κ1) is 14.6. The lowest BCUT2D eigenvalue weighted by molar-refractivity contribution is 0.658. The van der Waals surface area contributed by atoms with Gasteiger partial charge in [-0.25, -0.2) is 0 Å². The van der Waals surface area contributed by atoms with Gasteiger partial charge in [-0.05, 0) is 50.8 Å². The van der Waals surface area contributed by atoms with Crippen molar-refractivity contribution in [2.24, 2.45) is 0 Å². The van der Waals surface area contributed by atoms with Crippen LogP contribution < -0.4 is 5.32 Å². The molecule has 3 nitrogen and oxygen atoms in total. The molecule has 1 aromatic heterocycles. The number of hydrogen-bond acceptors (Lipinski definition) is 2. The fourth-order valence-electron chi connectivity index (χ4n) is 2.52. The van der Waals surface area contributed by atoms with Crippen LogP contribution in [0.15, 0.2) is 24.3 Å². The van der Waals surface area contributed by atoms with Gasteiger partial charge >= 0.3 is 0 Å². The second-order valence-electron chi connectivity index (χ2n) is 5.94. The standard InChI is InChI=1S/C17H22ClN3/c1-12-17(18)13(2)21(20-12)11-15-5-3-14(4-6-15)9-10-19-16-7-8-16/h3-6,16,19H,7-11H2,1-2H3. The third-order valence-electron chi connectivity index (χ3n) is 4.07. The van der Waals surface area contributed by atoms with Crippen LogP contribution in [0.2, 0.25) is 5.02 Å². The van der Waals surface area contributed by atoms with E-state index in [9.17, 15) is 0 Å². The molecule has 2 aromatic rings. The van der Waals surface area contributed by atoms with Crippen molar-refractivity contribution in [3.63, 3.8) is 0 Å². The molecule has 1 aliphatic carbocycles. The Labute approximate surface area is 131 Å². The lowest BCUT2D eigenvalue weighted by atomic mass is 10.1. The van der Waals surface area contributed by atoms with Crippen molar-refractivity contribution in [3.8, 4) is 0 Å². The van der Waals surface area contributed by atoms with Gasteiger partial charge in [0.1, 0.15) is 0 Å². The van der Waals surface area contributed by atoms with Crippen LogP contribution in [-0.2, 0) is 13.0 Å². The van der Waals surface area contributed by atoms with Crippen molar-refractivity contribution in [2.75, 3.05) is 6.54 Å². The van der Waals surface area contributed by atoms with Crippen LogP contribution in [0.4, 0.5) is 0 Å². The Hall–Kier alpha value is -1.32. The predicted octanol–water partition coefficient (Wildman–Crippen LogP) is 3.50. The lowest BCUT2D eigenvalue weighted by Crippen LogP contribution is -2.19. The number of aryl methyl sites for hydroxylation is 1. The highest BCUT2D eigenvalue weighted by Crippen LogP contribution is 2.20. The molecule has 1 aliphatic rings. The van der Waals surface area contributed by atoms with E-state index in [1.807, 2.05) is 18.5 Å². The molecule has 0 spiro atoms. The van der Waals surface area contributed by atoms with Gasteiger partial charge in [0.15, 0.2) is 0 Å². The van der Waals surface area contributed by atoms with E-state index in [1.165, 1.54) is 24.0 Å². The number of nitrogens with one attached hydrogen (secondary N) is 1. The minimum absolute atomic E-state index is 0.776. The van der Waals surface area contributed by atoms with Crippen molar-refractivity contribution in [3.05, 3.63) is 51.8 Å². The molecule has 0 atom stereocenters. The summed E-state index contributed by atoms with van der Waals surface area (Å²) in [7, 11) is 0. The Balaban J connectivity index is 1.59. The molecule has 1 heterocycles. The molecule has 0 bridgehead atoms. The first-order valence-corrected chi connectivity index (χ1v) is 8.02. The molecule has 3 rings (SSSR count). The van der Waals surface area contributed by atoms with Crippen molar-refractivity contribution >= 4 is 11.6 Å². The first-order chi connectivity index (χ1) is 10.1. The number of benzene rings is 1. The number of nitrogens with zero attached hydrogens (tertiary/aromatic N) is 2. The van der Waals surface area contributed by atoms with Crippen LogP contribution in [0.25, 0.3) is 0 Å². The van der Waals surface area contributed by atoms with Crippen molar-refractivity contribution in [2.45, 2.75) is 45.7 Å². The number of halogens is 1. The molecular weight excluding hydrogens is 282 g/mol.